The summed E-state index contributed by atoms with van der Waals surface area (Å²) < 4.78 is 44.1. The summed E-state index contributed by atoms with van der Waals surface area (Å²) in [4.78, 5) is 0. The maximum Gasteiger partial charge on any atom is 0.424 e. The van der Waals surface area contributed by atoms with Crippen LogP contribution in [0.3, 0.4) is 0 Å². The molecular formula is C14H13F3O. The zero-order valence-electron chi connectivity index (χ0n) is 9.70. The quantitative estimate of drug-likeness (QED) is 0.590. The zero-order chi connectivity index (χ0) is 13.4. The Hall–Kier alpha value is -1.55. The molecule has 0 amide bonds. The van der Waals surface area contributed by atoms with Gasteiger partial charge in [-0.2, -0.15) is 13.2 Å². The van der Waals surface area contributed by atoms with Gasteiger partial charge in [-0.3, -0.25) is 0 Å². The first-order valence-electron chi connectivity index (χ1n) is 5.49. The van der Waals surface area contributed by atoms with Crippen LogP contribution in [0.5, 0.6) is 0 Å². The minimum atomic E-state index is -4.49. The zero-order valence-corrected chi connectivity index (χ0v) is 9.70. The van der Waals surface area contributed by atoms with E-state index in [4.69, 9.17) is 4.74 Å². The maximum atomic E-state index is 13.0. The summed E-state index contributed by atoms with van der Waals surface area (Å²) in [5, 5.41) is 0. The molecule has 96 valence electrons. The second kappa shape index (κ2) is 3.99. The van der Waals surface area contributed by atoms with E-state index in [1.807, 2.05) is 6.07 Å². The SMILES string of the molecule is C=C[C@@]1(Cc2ccccc2)O[C@]1(C=C)C(F)(F)F. The van der Waals surface area contributed by atoms with E-state index < -0.39 is 17.4 Å². The van der Waals surface area contributed by atoms with Gasteiger partial charge in [0.25, 0.3) is 0 Å². The average molecular weight is 254 g/mol. The lowest BCUT2D eigenvalue weighted by Gasteiger charge is -2.17. The third-order valence-electron chi connectivity index (χ3n) is 3.28. The number of ether oxygens (including phenoxy) is 1. The summed E-state index contributed by atoms with van der Waals surface area (Å²) in [5.41, 5.74) is -2.98. The van der Waals surface area contributed by atoms with E-state index in [1.165, 1.54) is 6.08 Å². The Morgan fingerprint density at radius 3 is 2.11 bits per heavy atom. The fourth-order valence-corrected chi connectivity index (χ4v) is 2.22. The minimum Gasteiger partial charge on any atom is -0.344 e. The molecule has 18 heavy (non-hydrogen) atoms. The molecule has 4 heteroatoms. The monoisotopic (exact) mass is 254 g/mol. The predicted octanol–water partition coefficient (Wildman–Crippen LogP) is 3.67. The Balaban J connectivity index is 2.31. The minimum absolute atomic E-state index is 0.128. The van der Waals surface area contributed by atoms with E-state index in [2.05, 4.69) is 13.2 Å². The molecule has 0 N–H and O–H groups in total. The number of halogens is 3. The Morgan fingerprint density at radius 1 is 1.11 bits per heavy atom. The molecule has 0 spiro atoms. The van der Waals surface area contributed by atoms with Crippen molar-refractivity contribution in [2.45, 2.75) is 23.8 Å². The van der Waals surface area contributed by atoms with Crippen molar-refractivity contribution >= 4 is 0 Å². The number of rotatable bonds is 4. The summed E-state index contributed by atoms with van der Waals surface area (Å²) in [7, 11) is 0. The van der Waals surface area contributed by atoms with Crippen molar-refractivity contribution in [2.24, 2.45) is 0 Å². The number of benzene rings is 1. The van der Waals surface area contributed by atoms with Gasteiger partial charge in [-0.25, -0.2) is 0 Å². The third-order valence-corrected chi connectivity index (χ3v) is 3.28. The van der Waals surface area contributed by atoms with E-state index >= 15 is 0 Å². The molecule has 2 rings (SSSR count). The maximum absolute atomic E-state index is 13.0. The van der Waals surface area contributed by atoms with Crippen LogP contribution in [0.1, 0.15) is 5.56 Å². The second-order valence-corrected chi connectivity index (χ2v) is 4.30. The van der Waals surface area contributed by atoms with Gasteiger partial charge in [0.15, 0.2) is 0 Å². The van der Waals surface area contributed by atoms with Gasteiger partial charge in [0.05, 0.1) is 0 Å². The molecule has 1 aromatic rings. The molecule has 2 atom stereocenters. The summed E-state index contributed by atoms with van der Waals surface area (Å²) in [6.45, 7) is 6.73. The highest BCUT2D eigenvalue weighted by Crippen LogP contribution is 2.60. The topological polar surface area (TPSA) is 12.5 Å². The van der Waals surface area contributed by atoms with Crippen molar-refractivity contribution in [1.29, 1.82) is 0 Å². The molecule has 1 aromatic carbocycles. The van der Waals surface area contributed by atoms with E-state index in [0.717, 1.165) is 11.6 Å². The second-order valence-electron chi connectivity index (χ2n) is 4.30. The van der Waals surface area contributed by atoms with Gasteiger partial charge in [-0.15, -0.1) is 6.58 Å². The van der Waals surface area contributed by atoms with Crippen molar-refractivity contribution in [3.05, 3.63) is 61.2 Å². The van der Waals surface area contributed by atoms with E-state index in [-0.39, 0.29) is 6.42 Å². The average Bonchev–Trinajstić information content (AvgIpc) is 3.00. The van der Waals surface area contributed by atoms with Crippen LogP contribution in [-0.4, -0.2) is 17.4 Å². The molecule has 1 heterocycles. The molecular weight excluding hydrogens is 241 g/mol. The van der Waals surface area contributed by atoms with Gasteiger partial charge < -0.3 is 4.74 Å². The molecule has 1 nitrogen and oxygen atoms in total. The van der Waals surface area contributed by atoms with Crippen LogP contribution in [0, 0.1) is 0 Å². The molecule has 0 aromatic heterocycles. The molecule has 0 bridgehead atoms. The van der Waals surface area contributed by atoms with Crippen LogP contribution in [0.25, 0.3) is 0 Å². The van der Waals surface area contributed by atoms with Crippen LogP contribution in [0.15, 0.2) is 55.6 Å². The lowest BCUT2D eigenvalue weighted by Crippen LogP contribution is -2.38. The molecule has 0 saturated carbocycles. The van der Waals surface area contributed by atoms with Gasteiger partial charge in [0, 0.05) is 6.42 Å². The van der Waals surface area contributed by atoms with Crippen LogP contribution < -0.4 is 0 Å². The number of hydrogen-bond donors (Lipinski definition) is 0. The van der Waals surface area contributed by atoms with Crippen molar-refractivity contribution in [3.63, 3.8) is 0 Å². The first kappa shape index (κ1) is 12.9. The van der Waals surface area contributed by atoms with Crippen molar-refractivity contribution < 1.29 is 17.9 Å². The molecule has 0 radical (unpaired) electrons. The van der Waals surface area contributed by atoms with Gasteiger partial charge in [0.1, 0.15) is 5.60 Å². The lowest BCUT2D eigenvalue weighted by molar-refractivity contribution is -0.170. The highest BCUT2D eigenvalue weighted by molar-refractivity contribution is 5.37. The van der Waals surface area contributed by atoms with Crippen LogP contribution in [0.2, 0.25) is 0 Å². The van der Waals surface area contributed by atoms with Crippen LogP contribution in [-0.2, 0) is 11.2 Å². The molecule has 1 aliphatic rings. The molecule has 1 saturated heterocycles. The van der Waals surface area contributed by atoms with Crippen molar-refractivity contribution in [2.75, 3.05) is 0 Å². The summed E-state index contributed by atoms with van der Waals surface area (Å²) in [6.07, 6.45) is -2.33. The van der Waals surface area contributed by atoms with Crippen LogP contribution >= 0.6 is 0 Å². The Bertz CT molecular complexity index is 466. The first-order valence-corrected chi connectivity index (χ1v) is 5.49. The van der Waals surface area contributed by atoms with E-state index in [0.29, 0.717) is 0 Å². The van der Waals surface area contributed by atoms with Gasteiger partial charge in [-0.1, -0.05) is 43.0 Å². The highest BCUT2D eigenvalue weighted by atomic mass is 19.4. The van der Waals surface area contributed by atoms with E-state index in [1.54, 1.807) is 24.3 Å². The number of hydrogen-bond acceptors (Lipinski definition) is 1. The Morgan fingerprint density at radius 2 is 1.72 bits per heavy atom. The Labute approximate surface area is 104 Å². The highest BCUT2D eigenvalue weighted by Gasteiger charge is 2.79. The number of alkyl halides is 3. The normalized spacial score (nSPS) is 30.8. The van der Waals surface area contributed by atoms with Gasteiger partial charge in [0.2, 0.25) is 5.60 Å². The molecule has 1 fully saturated rings. The predicted molar refractivity (Wildman–Crippen MR) is 63.1 cm³/mol. The largest absolute Gasteiger partial charge is 0.424 e. The molecule has 0 unspecified atom stereocenters. The standard InChI is InChI=1S/C14H13F3O/c1-3-12(10-11-8-6-5-7-9-11)13(4-2,18-12)14(15,16)17/h3-9H,1-2,10H2/t12-,13-/m0/s1. The summed E-state index contributed by atoms with van der Waals surface area (Å²) in [5.74, 6) is 0. The third kappa shape index (κ3) is 1.68. The van der Waals surface area contributed by atoms with Gasteiger partial charge >= 0.3 is 6.18 Å². The lowest BCUT2D eigenvalue weighted by atomic mass is 9.86. The smallest absolute Gasteiger partial charge is 0.344 e. The first-order chi connectivity index (χ1) is 8.41. The van der Waals surface area contributed by atoms with Gasteiger partial charge in [-0.05, 0) is 11.6 Å². The van der Waals surface area contributed by atoms with Crippen molar-refractivity contribution in [1.82, 2.24) is 0 Å². The Kier molecular flexibility index (Phi) is 2.86. The fraction of sp³-hybridized carbons (Fsp3) is 0.286. The van der Waals surface area contributed by atoms with Crippen LogP contribution in [0.4, 0.5) is 13.2 Å². The molecule has 1 aliphatic heterocycles. The summed E-state index contributed by atoms with van der Waals surface area (Å²) in [6, 6.07) is 8.88. The number of epoxide rings is 1. The molecule has 0 aliphatic carbocycles. The fourth-order valence-electron chi connectivity index (χ4n) is 2.22. The summed E-state index contributed by atoms with van der Waals surface area (Å²) >= 11 is 0. The van der Waals surface area contributed by atoms with E-state index in [9.17, 15) is 13.2 Å². The van der Waals surface area contributed by atoms with Crippen molar-refractivity contribution in [3.8, 4) is 0 Å².